The predicted molar refractivity (Wildman–Crippen MR) is 96.6 cm³/mol. The number of rotatable bonds is 4. The molecule has 1 aliphatic heterocycles. The summed E-state index contributed by atoms with van der Waals surface area (Å²) in [5, 5.41) is 8.66. The highest BCUT2D eigenvalue weighted by atomic mass is 32.2. The molecule has 3 heterocycles. The minimum Gasteiger partial charge on any atom is -0.358 e. The van der Waals surface area contributed by atoms with Crippen molar-refractivity contribution in [3.8, 4) is 0 Å². The Bertz CT molecular complexity index is 911. The van der Waals surface area contributed by atoms with E-state index >= 15 is 0 Å². The Morgan fingerprint density at radius 3 is 3.08 bits per heavy atom. The Hall–Kier alpha value is -2.05. The van der Waals surface area contributed by atoms with Crippen molar-refractivity contribution in [1.82, 2.24) is 20.1 Å². The van der Waals surface area contributed by atoms with Gasteiger partial charge in [0, 0.05) is 35.2 Å². The Balaban J connectivity index is 1.62. The van der Waals surface area contributed by atoms with Gasteiger partial charge in [0.25, 0.3) is 0 Å². The highest BCUT2D eigenvalue weighted by molar-refractivity contribution is 8.00. The molecule has 6 heteroatoms. The van der Waals surface area contributed by atoms with Gasteiger partial charge in [-0.25, -0.2) is 0 Å². The highest BCUT2D eigenvalue weighted by Crippen LogP contribution is 2.32. The van der Waals surface area contributed by atoms with E-state index in [4.69, 9.17) is 0 Å². The number of carbonyl (C=O) groups excluding carboxylic acids is 1. The topological polar surface area (TPSA) is 62.7 Å². The van der Waals surface area contributed by atoms with Crippen LogP contribution in [0.25, 0.3) is 10.9 Å². The lowest BCUT2D eigenvalue weighted by Gasteiger charge is -2.17. The number of carbonyl (C=O) groups is 1. The van der Waals surface area contributed by atoms with Crippen molar-refractivity contribution in [2.24, 2.45) is 0 Å². The maximum atomic E-state index is 13.1. The number of fused-ring (bicyclic) bond motifs is 2. The Morgan fingerprint density at radius 2 is 2.21 bits per heavy atom. The zero-order valence-corrected chi connectivity index (χ0v) is 14.6. The number of ketones is 1. The lowest BCUT2D eigenvalue weighted by molar-refractivity contribution is 0.0995. The van der Waals surface area contributed by atoms with E-state index in [2.05, 4.69) is 15.4 Å². The number of nitrogens with one attached hydrogen (secondary N) is 2. The Labute approximate surface area is 144 Å². The van der Waals surface area contributed by atoms with Gasteiger partial charge in [-0.3, -0.25) is 9.48 Å². The van der Waals surface area contributed by atoms with Crippen LogP contribution >= 0.6 is 11.8 Å². The number of benzene rings is 1. The maximum absolute atomic E-state index is 13.1. The fourth-order valence-corrected chi connectivity index (χ4v) is 4.32. The molecule has 0 bridgehead atoms. The third-order valence-electron chi connectivity index (χ3n) is 4.52. The molecule has 0 saturated heterocycles. The number of hydrogen-bond donors (Lipinski definition) is 2. The summed E-state index contributed by atoms with van der Waals surface area (Å²) in [6.45, 7) is 6.60. The van der Waals surface area contributed by atoms with Crippen LogP contribution in [0, 0.1) is 6.92 Å². The second-order valence-corrected chi connectivity index (χ2v) is 7.53. The summed E-state index contributed by atoms with van der Waals surface area (Å²) in [6, 6.07) is 7.98. The van der Waals surface area contributed by atoms with Crippen molar-refractivity contribution in [1.29, 1.82) is 0 Å². The van der Waals surface area contributed by atoms with Crippen LogP contribution in [0.5, 0.6) is 0 Å². The molecule has 2 N–H and O–H groups in total. The lowest BCUT2D eigenvalue weighted by Crippen LogP contribution is -2.28. The molecule has 2 aromatic heterocycles. The number of hydrogen-bond acceptors (Lipinski definition) is 4. The van der Waals surface area contributed by atoms with E-state index in [1.165, 1.54) is 5.69 Å². The van der Waals surface area contributed by atoms with E-state index in [9.17, 15) is 4.79 Å². The van der Waals surface area contributed by atoms with Gasteiger partial charge in [0.15, 0.2) is 5.78 Å². The molecular weight excluding hydrogens is 320 g/mol. The molecular formula is C18H20N4OS. The summed E-state index contributed by atoms with van der Waals surface area (Å²) in [6.07, 6.45) is 1.89. The van der Waals surface area contributed by atoms with Crippen LogP contribution in [0.2, 0.25) is 0 Å². The van der Waals surface area contributed by atoms with E-state index in [1.54, 1.807) is 11.8 Å². The van der Waals surface area contributed by atoms with Gasteiger partial charge in [-0.15, -0.1) is 11.8 Å². The molecule has 1 aromatic carbocycles. The molecule has 0 aliphatic carbocycles. The van der Waals surface area contributed by atoms with E-state index < -0.39 is 0 Å². The maximum Gasteiger partial charge on any atom is 0.178 e. The van der Waals surface area contributed by atoms with Crippen LogP contribution in [0.1, 0.15) is 28.7 Å². The first-order valence-electron chi connectivity index (χ1n) is 8.18. The third kappa shape index (κ3) is 2.56. The van der Waals surface area contributed by atoms with Crippen molar-refractivity contribution in [2.45, 2.75) is 37.1 Å². The van der Waals surface area contributed by atoms with Crippen molar-refractivity contribution < 1.29 is 4.79 Å². The number of aromatic amines is 1. The molecule has 1 atom stereocenters. The molecule has 3 aromatic rings. The van der Waals surface area contributed by atoms with Gasteiger partial charge in [0.2, 0.25) is 0 Å². The average molecular weight is 340 g/mol. The highest BCUT2D eigenvalue weighted by Gasteiger charge is 2.24. The van der Waals surface area contributed by atoms with Crippen LogP contribution in [0.3, 0.4) is 0 Å². The summed E-state index contributed by atoms with van der Waals surface area (Å²) in [5.74, 6) is 0.165. The number of nitrogens with zero attached hydrogens (tertiary/aromatic N) is 2. The number of thioether (sulfide) groups is 1. The average Bonchev–Trinajstić information content (AvgIpc) is 3.14. The second-order valence-electron chi connectivity index (χ2n) is 6.15. The molecule has 4 rings (SSSR count). The predicted octanol–water partition coefficient (Wildman–Crippen LogP) is 3.14. The van der Waals surface area contributed by atoms with Gasteiger partial charge in [-0.2, -0.15) is 5.10 Å². The molecule has 0 fully saturated rings. The van der Waals surface area contributed by atoms with Gasteiger partial charge in [0.05, 0.1) is 28.6 Å². The summed E-state index contributed by atoms with van der Waals surface area (Å²) in [4.78, 5) is 17.5. The third-order valence-corrected chi connectivity index (χ3v) is 5.68. The molecule has 0 amide bonds. The number of aromatic nitrogens is 3. The van der Waals surface area contributed by atoms with Gasteiger partial charge >= 0.3 is 0 Å². The zero-order chi connectivity index (χ0) is 16.7. The summed E-state index contributed by atoms with van der Waals surface area (Å²) in [7, 11) is 0. The molecule has 0 saturated carbocycles. The number of Topliss-reactive ketones (excluding diaryl/α,β-unsaturated/α-hetero) is 1. The first kappa shape index (κ1) is 15.5. The first-order valence-corrected chi connectivity index (χ1v) is 9.06. The van der Waals surface area contributed by atoms with Crippen molar-refractivity contribution in [2.75, 3.05) is 6.54 Å². The van der Waals surface area contributed by atoms with Gasteiger partial charge < -0.3 is 10.3 Å². The van der Waals surface area contributed by atoms with Gasteiger partial charge in [-0.1, -0.05) is 18.2 Å². The van der Waals surface area contributed by atoms with Crippen LogP contribution in [-0.2, 0) is 13.1 Å². The number of H-pyrrole nitrogens is 1. The van der Waals surface area contributed by atoms with Crippen LogP contribution in [0.4, 0.5) is 0 Å². The summed E-state index contributed by atoms with van der Waals surface area (Å²) >= 11 is 1.60. The normalized spacial score (nSPS) is 15.4. The lowest BCUT2D eigenvalue weighted by atomic mass is 10.1. The molecule has 0 radical (unpaired) electrons. The van der Waals surface area contributed by atoms with Gasteiger partial charge in [-0.05, 0) is 19.9 Å². The molecule has 0 spiro atoms. The smallest absolute Gasteiger partial charge is 0.178 e. The monoisotopic (exact) mass is 340 g/mol. The Morgan fingerprint density at radius 1 is 1.38 bits per heavy atom. The zero-order valence-electron chi connectivity index (χ0n) is 13.8. The molecule has 1 unspecified atom stereocenters. The van der Waals surface area contributed by atoms with E-state index in [0.717, 1.165) is 46.7 Å². The van der Waals surface area contributed by atoms with Crippen LogP contribution < -0.4 is 5.32 Å². The van der Waals surface area contributed by atoms with Crippen molar-refractivity contribution in [3.05, 3.63) is 47.4 Å². The minimum absolute atomic E-state index is 0.154. The molecule has 124 valence electrons. The number of para-hydroxylation sites is 1. The van der Waals surface area contributed by atoms with E-state index in [0.29, 0.717) is 0 Å². The first-order chi connectivity index (χ1) is 11.6. The van der Waals surface area contributed by atoms with Crippen molar-refractivity contribution in [3.63, 3.8) is 0 Å². The summed E-state index contributed by atoms with van der Waals surface area (Å²) < 4.78 is 2.03. The fourth-order valence-electron chi connectivity index (χ4n) is 3.30. The minimum atomic E-state index is -0.154. The largest absolute Gasteiger partial charge is 0.358 e. The van der Waals surface area contributed by atoms with Crippen molar-refractivity contribution >= 4 is 28.4 Å². The Kier molecular flexibility index (Phi) is 3.94. The standard InChI is InChI=1S/C18H20N4OS/c1-11-17(13-5-3-4-6-14(13)21-11)18(23)12(2)24-16-10-20-22-8-7-19-9-15(16)22/h3-6,10,12,19,21H,7-9H2,1-2H3. The van der Waals surface area contributed by atoms with Crippen LogP contribution in [-0.4, -0.2) is 32.3 Å². The van der Waals surface area contributed by atoms with E-state index in [-0.39, 0.29) is 11.0 Å². The number of aryl methyl sites for hydroxylation is 1. The molecule has 24 heavy (non-hydrogen) atoms. The SMILES string of the molecule is Cc1[nH]c2ccccc2c1C(=O)C(C)Sc1cnn2c1CNCC2. The second kappa shape index (κ2) is 6.11. The van der Waals surface area contributed by atoms with Crippen LogP contribution in [0.15, 0.2) is 35.4 Å². The van der Waals surface area contributed by atoms with E-state index in [1.807, 2.05) is 49.0 Å². The summed E-state index contributed by atoms with van der Waals surface area (Å²) in [5.41, 5.74) is 3.95. The molecule has 1 aliphatic rings. The van der Waals surface area contributed by atoms with Gasteiger partial charge in [0.1, 0.15) is 0 Å². The fraction of sp³-hybridized carbons (Fsp3) is 0.333. The quantitative estimate of drug-likeness (QED) is 0.566. The molecule has 5 nitrogen and oxygen atoms in total.